The average Bonchev–Trinajstić information content (AvgIpc) is 2.53. The molecule has 2 rings (SSSR count). The number of nitrogen functional groups attached to an aromatic ring is 2. The van der Waals surface area contributed by atoms with Crippen molar-refractivity contribution in [3.05, 3.63) is 59.7 Å². The summed E-state index contributed by atoms with van der Waals surface area (Å²) in [5, 5.41) is 0. The van der Waals surface area contributed by atoms with Crippen LogP contribution in [0.15, 0.2) is 48.5 Å². The van der Waals surface area contributed by atoms with Crippen LogP contribution in [0.3, 0.4) is 0 Å². The molecule has 2 aromatic rings. The lowest BCUT2D eigenvalue weighted by molar-refractivity contribution is 1.63. The summed E-state index contributed by atoms with van der Waals surface area (Å²) in [5.74, 6) is 21.6. The number of para-hydroxylation sites is 2. The molecular weight excluding hydrogens is 268 g/mol. The average molecular weight is 280 g/mol. The predicted molar refractivity (Wildman–Crippen MR) is 91.0 cm³/mol. The molecule has 102 valence electrons. The molecule has 2 nitrogen and oxygen atoms in total. The van der Waals surface area contributed by atoms with Crippen LogP contribution in [0.1, 0.15) is 11.1 Å². The Kier molecular flexibility index (Phi) is 5.19. The predicted octanol–water partition coefficient (Wildman–Crippen LogP) is 2.26. The molecule has 0 amide bonds. The van der Waals surface area contributed by atoms with E-state index < -0.39 is 0 Å². The molecule has 0 atom stereocenters. The third-order valence-corrected chi connectivity index (χ3v) is 2.63. The minimum atomic E-state index is 0.634. The molecule has 0 spiro atoms. The summed E-state index contributed by atoms with van der Waals surface area (Å²) in [6.45, 7) is 0. The largest absolute Gasteiger partial charge is 0.398 e. The number of nitrogens with two attached hydrogens (primary N) is 2. The molecule has 2 heteroatoms. The van der Waals surface area contributed by atoms with Crippen molar-refractivity contribution >= 4 is 11.4 Å². The van der Waals surface area contributed by atoms with E-state index in [1.165, 1.54) is 0 Å². The van der Waals surface area contributed by atoms with Crippen molar-refractivity contribution in [3.63, 3.8) is 0 Å². The van der Waals surface area contributed by atoms with Crippen LogP contribution in [0.2, 0.25) is 0 Å². The van der Waals surface area contributed by atoms with Gasteiger partial charge in [0.1, 0.15) is 0 Å². The molecule has 0 fully saturated rings. The summed E-state index contributed by atoms with van der Waals surface area (Å²) in [6.07, 6.45) is 0. The van der Waals surface area contributed by atoms with Crippen molar-refractivity contribution in [2.45, 2.75) is 0 Å². The van der Waals surface area contributed by atoms with Crippen LogP contribution in [-0.4, -0.2) is 0 Å². The zero-order chi connectivity index (χ0) is 15.6. The molecule has 0 aliphatic heterocycles. The van der Waals surface area contributed by atoms with Gasteiger partial charge in [-0.3, -0.25) is 0 Å². The highest BCUT2D eigenvalue weighted by Gasteiger charge is 1.90. The van der Waals surface area contributed by atoms with E-state index in [2.05, 4.69) is 47.4 Å². The Balaban J connectivity index is 2.00. The van der Waals surface area contributed by atoms with E-state index in [-0.39, 0.29) is 0 Å². The second-order valence-corrected chi connectivity index (χ2v) is 4.17. The van der Waals surface area contributed by atoms with Gasteiger partial charge >= 0.3 is 0 Å². The first-order valence-electron chi connectivity index (χ1n) is 6.48. The quantitative estimate of drug-likeness (QED) is 0.574. The van der Waals surface area contributed by atoms with Gasteiger partial charge in [0.05, 0.1) is 0 Å². The first kappa shape index (κ1) is 14.7. The topological polar surface area (TPSA) is 52.0 Å². The molecule has 22 heavy (non-hydrogen) atoms. The number of anilines is 2. The fourth-order valence-electron chi connectivity index (χ4n) is 1.54. The lowest BCUT2D eigenvalue weighted by atomic mass is 10.2. The van der Waals surface area contributed by atoms with Crippen molar-refractivity contribution in [3.8, 4) is 47.4 Å². The molecule has 4 N–H and O–H groups in total. The molecule has 0 unspecified atom stereocenters. The minimum absolute atomic E-state index is 0.634. The Hall–Kier alpha value is -3.72. The van der Waals surface area contributed by atoms with Gasteiger partial charge in [0.15, 0.2) is 0 Å². The third kappa shape index (κ3) is 4.43. The van der Waals surface area contributed by atoms with E-state index in [0.717, 1.165) is 11.1 Å². The van der Waals surface area contributed by atoms with Gasteiger partial charge in [0, 0.05) is 22.5 Å². The molecule has 0 saturated carbocycles. The summed E-state index contributed by atoms with van der Waals surface area (Å²) in [7, 11) is 0. The van der Waals surface area contributed by atoms with Gasteiger partial charge in [-0.15, -0.1) is 0 Å². The fourth-order valence-corrected chi connectivity index (χ4v) is 1.54. The van der Waals surface area contributed by atoms with Crippen molar-refractivity contribution in [1.29, 1.82) is 0 Å². The highest BCUT2D eigenvalue weighted by atomic mass is 14.6. The van der Waals surface area contributed by atoms with Crippen molar-refractivity contribution in [1.82, 2.24) is 0 Å². The number of hydrogen-bond donors (Lipinski definition) is 2. The van der Waals surface area contributed by atoms with Gasteiger partial charge in [-0.05, 0) is 59.8 Å². The van der Waals surface area contributed by atoms with Crippen LogP contribution in [-0.2, 0) is 0 Å². The van der Waals surface area contributed by atoms with Crippen LogP contribution in [0, 0.1) is 47.4 Å². The number of rotatable bonds is 0. The first-order chi connectivity index (χ1) is 10.8. The number of benzene rings is 2. The number of hydrogen-bond acceptors (Lipinski definition) is 2. The van der Waals surface area contributed by atoms with E-state index in [1.807, 2.05) is 36.4 Å². The standard InChI is InChI=1S/C20H12N2/c21-19-15-9-7-13-17(19)11-5-3-1-2-4-6-12-18-14-8-10-16-20(18)22/h7-10,13-16H,21-22H2. The summed E-state index contributed by atoms with van der Waals surface area (Å²) < 4.78 is 0. The molecule has 0 aliphatic carbocycles. The van der Waals surface area contributed by atoms with Gasteiger partial charge in [-0.2, -0.15) is 0 Å². The second kappa shape index (κ2) is 7.77. The molecule has 2 aromatic carbocycles. The van der Waals surface area contributed by atoms with E-state index in [0.29, 0.717) is 11.4 Å². The van der Waals surface area contributed by atoms with E-state index in [9.17, 15) is 0 Å². The van der Waals surface area contributed by atoms with Crippen LogP contribution in [0.4, 0.5) is 11.4 Å². The summed E-state index contributed by atoms with van der Waals surface area (Å²) in [6, 6.07) is 14.7. The van der Waals surface area contributed by atoms with Gasteiger partial charge in [0.2, 0.25) is 0 Å². The molecule has 0 bridgehead atoms. The molecule has 0 aromatic heterocycles. The van der Waals surface area contributed by atoms with E-state index in [1.54, 1.807) is 12.1 Å². The van der Waals surface area contributed by atoms with E-state index >= 15 is 0 Å². The normalized spacial score (nSPS) is 7.82. The Morgan fingerprint density at radius 2 is 0.864 bits per heavy atom. The van der Waals surface area contributed by atoms with Crippen molar-refractivity contribution in [2.24, 2.45) is 0 Å². The SMILES string of the molecule is Nc1ccccc1C#CC#CC#CC#Cc1ccccc1N. The molecule has 0 heterocycles. The maximum atomic E-state index is 5.76. The summed E-state index contributed by atoms with van der Waals surface area (Å²) >= 11 is 0. The monoisotopic (exact) mass is 280 g/mol. The molecular formula is C20H12N2. The lowest BCUT2D eigenvalue weighted by Gasteiger charge is -1.93. The van der Waals surface area contributed by atoms with Crippen LogP contribution in [0.25, 0.3) is 0 Å². The molecule has 0 saturated heterocycles. The Morgan fingerprint density at radius 3 is 1.27 bits per heavy atom. The minimum Gasteiger partial charge on any atom is -0.398 e. The Morgan fingerprint density at radius 1 is 0.500 bits per heavy atom. The zero-order valence-electron chi connectivity index (χ0n) is 11.8. The van der Waals surface area contributed by atoms with Gasteiger partial charge in [0.25, 0.3) is 0 Å². The molecule has 0 aliphatic rings. The van der Waals surface area contributed by atoms with Crippen LogP contribution in [0.5, 0.6) is 0 Å². The third-order valence-electron chi connectivity index (χ3n) is 2.63. The fraction of sp³-hybridized carbons (Fsp3) is 0. The smallest absolute Gasteiger partial charge is 0.0485 e. The van der Waals surface area contributed by atoms with Gasteiger partial charge < -0.3 is 11.5 Å². The lowest BCUT2D eigenvalue weighted by Crippen LogP contribution is -1.87. The van der Waals surface area contributed by atoms with Gasteiger partial charge in [-0.25, -0.2) is 0 Å². The summed E-state index contributed by atoms with van der Waals surface area (Å²) in [4.78, 5) is 0. The van der Waals surface area contributed by atoms with E-state index in [4.69, 9.17) is 11.5 Å². The maximum Gasteiger partial charge on any atom is 0.0485 e. The Bertz CT molecular complexity index is 845. The van der Waals surface area contributed by atoms with Crippen LogP contribution < -0.4 is 11.5 Å². The van der Waals surface area contributed by atoms with Crippen molar-refractivity contribution in [2.75, 3.05) is 11.5 Å². The highest BCUT2D eigenvalue weighted by molar-refractivity contribution is 5.58. The van der Waals surface area contributed by atoms with Crippen LogP contribution >= 0.6 is 0 Å². The molecule has 0 radical (unpaired) electrons. The van der Waals surface area contributed by atoms with Gasteiger partial charge in [-0.1, -0.05) is 36.1 Å². The highest BCUT2D eigenvalue weighted by Crippen LogP contribution is 2.08. The Labute approximate surface area is 130 Å². The maximum absolute atomic E-state index is 5.76. The first-order valence-corrected chi connectivity index (χ1v) is 6.48. The second-order valence-electron chi connectivity index (χ2n) is 4.17. The zero-order valence-corrected chi connectivity index (χ0v) is 11.8. The summed E-state index contributed by atoms with van der Waals surface area (Å²) in [5.41, 5.74) is 14.3. The van der Waals surface area contributed by atoms with Crippen molar-refractivity contribution < 1.29 is 0 Å².